The molecule has 1 saturated heterocycles. The average molecular weight is 348 g/mol. The van der Waals surface area contributed by atoms with E-state index < -0.39 is 9.84 Å². The Balaban J connectivity index is 2.22. The molecule has 104 valence electrons. The van der Waals surface area contributed by atoms with Crippen molar-refractivity contribution in [3.63, 3.8) is 0 Å². The SMILES string of the molecule is Nc1ncc(Br)cc1C(=O)N1CCCS(=O)(=O)CC1. The van der Waals surface area contributed by atoms with Gasteiger partial charge in [0.1, 0.15) is 5.82 Å². The smallest absolute Gasteiger partial charge is 0.257 e. The fraction of sp³-hybridized carbons (Fsp3) is 0.455. The lowest BCUT2D eigenvalue weighted by Crippen LogP contribution is -2.34. The highest BCUT2D eigenvalue weighted by molar-refractivity contribution is 9.10. The Bertz CT molecular complexity index is 603. The van der Waals surface area contributed by atoms with Crippen LogP contribution in [0.5, 0.6) is 0 Å². The number of aromatic nitrogens is 1. The zero-order valence-corrected chi connectivity index (χ0v) is 12.6. The molecule has 1 aromatic rings. The lowest BCUT2D eigenvalue weighted by Gasteiger charge is -2.20. The highest BCUT2D eigenvalue weighted by Gasteiger charge is 2.24. The normalized spacial score (nSPS) is 18.9. The van der Waals surface area contributed by atoms with Crippen molar-refractivity contribution in [3.05, 3.63) is 22.3 Å². The highest BCUT2D eigenvalue weighted by atomic mass is 79.9. The summed E-state index contributed by atoms with van der Waals surface area (Å²) in [4.78, 5) is 17.8. The molecule has 2 rings (SSSR count). The van der Waals surface area contributed by atoms with Crippen LogP contribution in [0.2, 0.25) is 0 Å². The summed E-state index contributed by atoms with van der Waals surface area (Å²) in [5, 5.41) is 0. The first-order valence-corrected chi connectivity index (χ1v) is 8.41. The molecule has 0 aromatic carbocycles. The number of sulfone groups is 1. The molecule has 0 unspecified atom stereocenters. The van der Waals surface area contributed by atoms with E-state index in [2.05, 4.69) is 20.9 Å². The minimum Gasteiger partial charge on any atom is -0.383 e. The number of pyridine rings is 1. The number of hydrogen-bond acceptors (Lipinski definition) is 5. The molecule has 1 aliphatic rings. The van der Waals surface area contributed by atoms with Crippen molar-refractivity contribution < 1.29 is 13.2 Å². The molecule has 0 aliphatic carbocycles. The van der Waals surface area contributed by atoms with Gasteiger partial charge in [-0.25, -0.2) is 13.4 Å². The average Bonchev–Trinajstić information content (AvgIpc) is 2.52. The topological polar surface area (TPSA) is 93.4 Å². The van der Waals surface area contributed by atoms with Gasteiger partial charge in [-0.05, 0) is 28.4 Å². The fourth-order valence-corrected chi connectivity index (χ4v) is 3.54. The first kappa shape index (κ1) is 14.3. The number of nitrogens with zero attached hydrogens (tertiary/aromatic N) is 2. The Morgan fingerprint density at radius 1 is 1.37 bits per heavy atom. The maximum atomic E-state index is 12.3. The summed E-state index contributed by atoms with van der Waals surface area (Å²) in [6, 6.07) is 1.60. The number of anilines is 1. The van der Waals surface area contributed by atoms with Crippen LogP contribution >= 0.6 is 15.9 Å². The number of carbonyl (C=O) groups is 1. The van der Waals surface area contributed by atoms with Gasteiger partial charge in [-0.2, -0.15) is 0 Å². The number of nitrogens with two attached hydrogens (primary N) is 1. The molecule has 0 radical (unpaired) electrons. The molecule has 1 aromatic heterocycles. The molecule has 0 atom stereocenters. The van der Waals surface area contributed by atoms with Crippen LogP contribution in [-0.4, -0.2) is 48.8 Å². The second-order valence-corrected chi connectivity index (χ2v) is 7.60. The third-order valence-corrected chi connectivity index (χ3v) is 5.11. The second-order valence-electron chi connectivity index (χ2n) is 4.38. The summed E-state index contributed by atoms with van der Waals surface area (Å²) in [7, 11) is -3.04. The minimum atomic E-state index is -3.04. The van der Waals surface area contributed by atoms with E-state index in [9.17, 15) is 13.2 Å². The molecule has 6 nitrogen and oxygen atoms in total. The van der Waals surface area contributed by atoms with Crippen molar-refractivity contribution in [2.45, 2.75) is 6.42 Å². The van der Waals surface area contributed by atoms with Gasteiger partial charge in [-0.15, -0.1) is 0 Å². The molecule has 2 N–H and O–H groups in total. The van der Waals surface area contributed by atoms with Crippen molar-refractivity contribution in [2.75, 3.05) is 30.3 Å². The van der Waals surface area contributed by atoms with Crippen LogP contribution in [0.3, 0.4) is 0 Å². The largest absolute Gasteiger partial charge is 0.383 e. The van der Waals surface area contributed by atoms with Gasteiger partial charge in [0.15, 0.2) is 9.84 Å². The van der Waals surface area contributed by atoms with Crippen molar-refractivity contribution >= 4 is 37.5 Å². The van der Waals surface area contributed by atoms with Crippen LogP contribution in [0.1, 0.15) is 16.8 Å². The minimum absolute atomic E-state index is 0.0000759. The summed E-state index contributed by atoms with van der Waals surface area (Å²) >= 11 is 3.24. The molecular weight excluding hydrogens is 334 g/mol. The Morgan fingerprint density at radius 3 is 2.84 bits per heavy atom. The zero-order valence-electron chi connectivity index (χ0n) is 10.2. The number of nitrogen functional groups attached to an aromatic ring is 1. The summed E-state index contributed by atoms with van der Waals surface area (Å²) in [6.45, 7) is 0.622. The molecule has 8 heteroatoms. The predicted octanol–water partition coefficient (Wildman–Crippen LogP) is 0.687. The van der Waals surface area contributed by atoms with Gasteiger partial charge in [0.05, 0.1) is 17.1 Å². The summed E-state index contributed by atoms with van der Waals surface area (Å²) in [6.07, 6.45) is 1.97. The lowest BCUT2D eigenvalue weighted by atomic mass is 10.2. The summed E-state index contributed by atoms with van der Waals surface area (Å²) < 4.78 is 23.7. The lowest BCUT2D eigenvalue weighted by molar-refractivity contribution is 0.0769. The van der Waals surface area contributed by atoms with Crippen LogP contribution in [0.4, 0.5) is 5.82 Å². The number of rotatable bonds is 1. The van der Waals surface area contributed by atoms with Crippen molar-refractivity contribution in [3.8, 4) is 0 Å². The molecule has 1 aliphatic heterocycles. The molecule has 0 spiro atoms. The molecule has 0 bridgehead atoms. The molecule has 19 heavy (non-hydrogen) atoms. The quantitative estimate of drug-likeness (QED) is 0.806. The van der Waals surface area contributed by atoms with E-state index in [-0.39, 0.29) is 29.8 Å². The number of halogens is 1. The first-order valence-electron chi connectivity index (χ1n) is 5.80. The van der Waals surface area contributed by atoms with E-state index in [0.717, 1.165) is 0 Å². The Hall–Kier alpha value is -1.15. The Labute approximate surface area is 120 Å². The van der Waals surface area contributed by atoms with Crippen molar-refractivity contribution in [2.24, 2.45) is 0 Å². The van der Waals surface area contributed by atoms with Crippen LogP contribution < -0.4 is 5.73 Å². The maximum absolute atomic E-state index is 12.3. The maximum Gasteiger partial charge on any atom is 0.257 e. The first-order chi connectivity index (χ1) is 8.89. The van der Waals surface area contributed by atoms with Crippen LogP contribution in [0.25, 0.3) is 0 Å². The zero-order chi connectivity index (χ0) is 14.0. The monoisotopic (exact) mass is 347 g/mol. The molecule has 1 fully saturated rings. The molecule has 0 saturated carbocycles. The molecule has 1 amide bonds. The van der Waals surface area contributed by atoms with E-state index in [1.165, 1.54) is 11.1 Å². The summed E-state index contributed by atoms with van der Waals surface area (Å²) in [5.74, 6) is 0.00648. The van der Waals surface area contributed by atoms with Crippen molar-refractivity contribution in [1.82, 2.24) is 9.88 Å². The number of carbonyl (C=O) groups excluding carboxylic acids is 1. The molecular formula is C11H14BrN3O3S. The van der Waals surface area contributed by atoms with E-state index in [4.69, 9.17) is 5.73 Å². The van der Waals surface area contributed by atoms with Gasteiger partial charge in [-0.3, -0.25) is 4.79 Å². The Morgan fingerprint density at radius 2 is 2.11 bits per heavy atom. The van der Waals surface area contributed by atoms with Gasteiger partial charge in [0.25, 0.3) is 5.91 Å². The second kappa shape index (κ2) is 5.46. The standard InChI is InChI=1S/C11H14BrN3O3S/c12-8-6-9(10(13)14-7-8)11(16)15-2-1-4-19(17,18)5-3-15/h6-7H,1-5H2,(H2,13,14). The van der Waals surface area contributed by atoms with E-state index in [1.807, 2.05) is 0 Å². The third-order valence-electron chi connectivity index (χ3n) is 2.96. The molecule has 2 heterocycles. The fourth-order valence-electron chi connectivity index (χ4n) is 1.93. The predicted molar refractivity (Wildman–Crippen MR) is 75.5 cm³/mol. The third kappa shape index (κ3) is 3.44. The van der Waals surface area contributed by atoms with Crippen LogP contribution in [-0.2, 0) is 9.84 Å². The van der Waals surface area contributed by atoms with E-state index in [1.54, 1.807) is 6.07 Å². The van der Waals surface area contributed by atoms with Crippen LogP contribution in [0.15, 0.2) is 16.7 Å². The van der Waals surface area contributed by atoms with Gasteiger partial charge >= 0.3 is 0 Å². The van der Waals surface area contributed by atoms with Gasteiger partial charge in [-0.1, -0.05) is 0 Å². The van der Waals surface area contributed by atoms with E-state index >= 15 is 0 Å². The number of amides is 1. The van der Waals surface area contributed by atoms with Crippen molar-refractivity contribution in [1.29, 1.82) is 0 Å². The van der Waals surface area contributed by atoms with Gasteiger partial charge < -0.3 is 10.6 Å². The number of hydrogen-bond donors (Lipinski definition) is 1. The van der Waals surface area contributed by atoms with Gasteiger partial charge in [0.2, 0.25) is 0 Å². The van der Waals surface area contributed by atoms with Crippen LogP contribution in [0, 0.1) is 0 Å². The van der Waals surface area contributed by atoms with Gasteiger partial charge in [0, 0.05) is 23.8 Å². The van der Waals surface area contributed by atoms with E-state index in [0.29, 0.717) is 23.0 Å². The Kier molecular flexibility index (Phi) is 4.10. The highest BCUT2D eigenvalue weighted by Crippen LogP contribution is 2.18. The summed E-state index contributed by atoms with van der Waals surface area (Å²) in [5.41, 5.74) is 5.99.